The van der Waals surface area contributed by atoms with Crippen molar-refractivity contribution in [3.8, 4) is 11.1 Å². The van der Waals surface area contributed by atoms with E-state index in [1.54, 1.807) is 18.4 Å². The third-order valence-corrected chi connectivity index (χ3v) is 7.03. The predicted octanol–water partition coefficient (Wildman–Crippen LogP) is 4.85. The number of aromatic nitrogens is 4. The van der Waals surface area contributed by atoms with Crippen LogP contribution in [0.15, 0.2) is 45.5 Å². The topological polar surface area (TPSA) is 89.9 Å². The second-order valence-electron chi connectivity index (χ2n) is 5.79. The van der Waals surface area contributed by atoms with Crippen molar-refractivity contribution in [2.45, 2.75) is 11.6 Å². The Morgan fingerprint density at radius 1 is 1.24 bits per heavy atom. The smallest absolute Gasteiger partial charge is 0.236 e. The van der Waals surface area contributed by atoms with Crippen LogP contribution >= 0.6 is 50.4 Å². The molecular weight excluding hydrogens is 494 g/mol. The number of benzene rings is 1. The van der Waals surface area contributed by atoms with Gasteiger partial charge in [-0.1, -0.05) is 51.2 Å². The van der Waals surface area contributed by atoms with Crippen LogP contribution in [-0.4, -0.2) is 38.9 Å². The first kappa shape index (κ1) is 20.4. The minimum atomic E-state index is -0.165. The van der Waals surface area contributed by atoms with Crippen LogP contribution in [-0.2, 0) is 16.1 Å². The summed E-state index contributed by atoms with van der Waals surface area (Å²) in [4.78, 5) is 22.0. The van der Waals surface area contributed by atoms with Gasteiger partial charge in [0.15, 0.2) is 0 Å². The number of methoxy groups -OCH3 is 1. The highest BCUT2D eigenvalue weighted by atomic mass is 79.9. The largest absolute Gasteiger partial charge is 0.377 e. The van der Waals surface area contributed by atoms with Crippen LogP contribution < -0.4 is 5.32 Å². The lowest BCUT2D eigenvalue weighted by Crippen LogP contribution is -2.14. The van der Waals surface area contributed by atoms with Gasteiger partial charge in [-0.05, 0) is 17.7 Å². The van der Waals surface area contributed by atoms with Gasteiger partial charge in [0.1, 0.15) is 27.8 Å². The van der Waals surface area contributed by atoms with Gasteiger partial charge in [0.25, 0.3) is 0 Å². The molecule has 29 heavy (non-hydrogen) atoms. The van der Waals surface area contributed by atoms with Crippen molar-refractivity contribution in [3.63, 3.8) is 0 Å². The summed E-state index contributed by atoms with van der Waals surface area (Å²) in [6, 6.07) is 8.10. The Hall–Kier alpha value is -1.92. The third-order valence-electron chi connectivity index (χ3n) is 3.81. The van der Waals surface area contributed by atoms with Crippen LogP contribution in [0.25, 0.3) is 21.3 Å². The van der Waals surface area contributed by atoms with Gasteiger partial charge >= 0.3 is 0 Å². The van der Waals surface area contributed by atoms with Crippen molar-refractivity contribution in [2.75, 3.05) is 18.2 Å². The van der Waals surface area contributed by atoms with E-state index in [0.29, 0.717) is 16.7 Å². The maximum atomic E-state index is 12.3. The number of carbonyl (C=O) groups excluding carboxylic acids is 1. The number of halogens is 1. The van der Waals surface area contributed by atoms with Crippen molar-refractivity contribution in [1.82, 2.24) is 20.2 Å². The number of rotatable bonds is 7. The van der Waals surface area contributed by atoms with Crippen molar-refractivity contribution in [2.24, 2.45) is 0 Å². The summed E-state index contributed by atoms with van der Waals surface area (Å²) >= 11 is 7.70. The quantitative estimate of drug-likeness (QED) is 0.282. The summed E-state index contributed by atoms with van der Waals surface area (Å²) in [6.45, 7) is 0.373. The molecule has 0 saturated carbocycles. The Labute approximate surface area is 187 Å². The van der Waals surface area contributed by atoms with Gasteiger partial charge in [0.2, 0.25) is 11.0 Å². The number of carbonyl (C=O) groups is 1. The molecule has 3 heterocycles. The number of ether oxygens (including phenoxy) is 1. The first-order valence-electron chi connectivity index (χ1n) is 8.36. The third kappa shape index (κ3) is 4.81. The van der Waals surface area contributed by atoms with Crippen LogP contribution in [0.3, 0.4) is 0 Å². The van der Waals surface area contributed by atoms with Crippen molar-refractivity contribution in [3.05, 3.63) is 45.5 Å². The molecule has 11 heteroatoms. The molecule has 0 radical (unpaired) electrons. The molecule has 4 rings (SSSR count). The monoisotopic (exact) mass is 507 g/mol. The number of thiophene rings is 1. The SMILES string of the molecule is COCc1nnc(NC(=O)CSc2ncnc3scc(-c4ccc(Br)cc4)c23)s1. The van der Waals surface area contributed by atoms with E-state index in [-0.39, 0.29) is 11.7 Å². The zero-order valence-electron chi connectivity index (χ0n) is 15.1. The highest BCUT2D eigenvalue weighted by Gasteiger charge is 2.15. The van der Waals surface area contributed by atoms with Gasteiger partial charge in [-0.3, -0.25) is 10.1 Å². The van der Waals surface area contributed by atoms with E-state index in [9.17, 15) is 4.79 Å². The predicted molar refractivity (Wildman–Crippen MR) is 121 cm³/mol. The van der Waals surface area contributed by atoms with Gasteiger partial charge < -0.3 is 4.74 Å². The van der Waals surface area contributed by atoms with E-state index < -0.39 is 0 Å². The first-order valence-corrected chi connectivity index (χ1v) is 11.8. The van der Waals surface area contributed by atoms with Crippen LogP contribution in [0.1, 0.15) is 5.01 Å². The summed E-state index contributed by atoms with van der Waals surface area (Å²) in [5.74, 6) is 0.0447. The minimum absolute atomic E-state index is 0.165. The van der Waals surface area contributed by atoms with Gasteiger partial charge in [0, 0.05) is 22.5 Å². The molecule has 0 aliphatic carbocycles. The number of nitrogens with zero attached hydrogens (tertiary/aromatic N) is 4. The molecule has 0 unspecified atom stereocenters. The highest BCUT2D eigenvalue weighted by molar-refractivity contribution is 9.10. The summed E-state index contributed by atoms with van der Waals surface area (Å²) in [5, 5.41) is 15.7. The molecule has 7 nitrogen and oxygen atoms in total. The fourth-order valence-electron chi connectivity index (χ4n) is 2.57. The van der Waals surface area contributed by atoms with Gasteiger partial charge in [-0.2, -0.15) is 0 Å². The molecular formula is C18H14BrN5O2S3. The summed E-state index contributed by atoms with van der Waals surface area (Å²) < 4.78 is 6.04. The Morgan fingerprint density at radius 3 is 2.86 bits per heavy atom. The maximum absolute atomic E-state index is 12.3. The lowest BCUT2D eigenvalue weighted by atomic mass is 10.1. The maximum Gasteiger partial charge on any atom is 0.236 e. The Balaban J connectivity index is 1.51. The second-order valence-corrected chi connectivity index (χ2v) is 9.59. The molecule has 0 fully saturated rings. The van der Waals surface area contributed by atoms with E-state index in [0.717, 1.165) is 30.8 Å². The van der Waals surface area contributed by atoms with Gasteiger partial charge in [-0.15, -0.1) is 21.5 Å². The van der Waals surface area contributed by atoms with Crippen molar-refractivity contribution >= 4 is 71.6 Å². The molecule has 1 amide bonds. The zero-order valence-corrected chi connectivity index (χ0v) is 19.1. The number of anilines is 1. The number of nitrogens with one attached hydrogen (secondary N) is 1. The van der Waals surface area contributed by atoms with Crippen molar-refractivity contribution in [1.29, 1.82) is 0 Å². The standard InChI is InChI=1S/C18H14BrN5O2S3/c1-26-6-14-23-24-18(29-14)22-13(25)8-28-17-15-12(7-27-16(15)20-9-21-17)10-2-4-11(19)5-3-10/h2-5,7,9H,6,8H2,1H3,(H,22,24,25). The number of thioether (sulfide) groups is 1. The molecule has 4 aromatic rings. The van der Waals surface area contributed by atoms with E-state index >= 15 is 0 Å². The summed E-state index contributed by atoms with van der Waals surface area (Å²) in [5.41, 5.74) is 2.15. The fraction of sp³-hybridized carbons (Fsp3) is 0.167. The van der Waals surface area contributed by atoms with E-state index in [1.165, 1.54) is 29.4 Å². The Bertz CT molecular complexity index is 1150. The van der Waals surface area contributed by atoms with Gasteiger partial charge in [-0.25, -0.2) is 9.97 Å². The lowest BCUT2D eigenvalue weighted by molar-refractivity contribution is -0.113. The molecule has 0 bridgehead atoms. The van der Waals surface area contributed by atoms with Crippen LogP contribution in [0.5, 0.6) is 0 Å². The average molecular weight is 508 g/mol. The molecule has 0 saturated heterocycles. The number of amides is 1. The molecule has 1 N–H and O–H groups in total. The number of hydrogen-bond acceptors (Lipinski definition) is 9. The average Bonchev–Trinajstić information content (AvgIpc) is 3.34. The van der Waals surface area contributed by atoms with Crippen molar-refractivity contribution < 1.29 is 9.53 Å². The van der Waals surface area contributed by atoms with E-state index in [1.807, 2.05) is 24.3 Å². The molecule has 3 aromatic heterocycles. The number of hydrogen-bond donors (Lipinski definition) is 1. The van der Waals surface area contributed by atoms with Crippen LogP contribution in [0, 0.1) is 0 Å². The number of fused-ring (bicyclic) bond motifs is 1. The summed E-state index contributed by atoms with van der Waals surface area (Å²) in [6.07, 6.45) is 1.53. The molecule has 148 valence electrons. The highest BCUT2D eigenvalue weighted by Crippen LogP contribution is 2.38. The molecule has 0 spiro atoms. The summed E-state index contributed by atoms with van der Waals surface area (Å²) in [7, 11) is 1.59. The molecule has 0 aliphatic heterocycles. The second kappa shape index (κ2) is 9.26. The fourth-order valence-corrected chi connectivity index (χ4v) is 5.36. The lowest BCUT2D eigenvalue weighted by Gasteiger charge is -2.05. The normalized spacial score (nSPS) is 11.1. The van der Waals surface area contributed by atoms with Gasteiger partial charge in [0.05, 0.1) is 11.1 Å². The molecule has 0 aliphatic rings. The van der Waals surface area contributed by atoms with E-state index in [2.05, 4.69) is 46.8 Å². The Morgan fingerprint density at radius 2 is 2.07 bits per heavy atom. The first-order chi connectivity index (χ1) is 14.1. The van der Waals surface area contributed by atoms with Crippen LogP contribution in [0.4, 0.5) is 5.13 Å². The zero-order chi connectivity index (χ0) is 20.2. The van der Waals surface area contributed by atoms with E-state index in [4.69, 9.17) is 4.74 Å². The molecule has 1 aromatic carbocycles. The minimum Gasteiger partial charge on any atom is -0.377 e. The van der Waals surface area contributed by atoms with Crippen LogP contribution in [0.2, 0.25) is 0 Å². The Kier molecular flexibility index (Phi) is 6.50. The molecule has 0 atom stereocenters.